The summed E-state index contributed by atoms with van der Waals surface area (Å²) in [4.78, 5) is 24.1. The van der Waals surface area contributed by atoms with Crippen LogP contribution in [0.15, 0.2) is 34.4 Å². The fourth-order valence-electron chi connectivity index (χ4n) is 3.39. The van der Waals surface area contributed by atoms with Crippen molar-refractivity contribution in [2.45, 2.75) is 12.8 Å². The van der Waals surface area contributed by atoms with E-state index >= 15 is 0 Å². The average molecular weight is 382 g/mol. The number of aryl methyl sites for hydroxylation is 1. The Hall–Kier alpha value is -4.00. The number of hydrogen-bond donors (Lipinski definition) is 1. The van der Waals surface area contributed by atoms with Gasteiger partial charge in [-0.1, -0.05) is 0 Å². The first kappa shape index (κ1) is 17.4. The standard InChI is InChI=1S/C18H14N4O6/c1-8-3-14-16(18(23)21(8)2)15(10(6-19)17(20)28-14)9-4-12-13(27-7-26-12)5-11(9)22(24)25/h3-5,15H,7,20H2,1-2H3/t15-/m1/s1. The van der Waals surface area contributed by atoms with Gasteiger partial charge in [0.25, 0.3) is 11.2 Å². The third-order valence-corrected chi connectivity index (χ3v) is 4.88. The molecule has 0 radical (unpaired) electrons. The molecule has 142 valence electrons. The second-order valence-electron chi connectivity index (χ2n) is 6.37. The molecule has 0 spiro atoms. The molecule has 10 heteroatoms. The molecular weight excluding hydrogens is 368 g/mol. The molecule has 2 N–H and O–H groups in total. The van der Waals surface area contributed by atoms with Crippen molar-refractivity contribution < 1.29 is 19.1 Å². The Morgan fingerprint density at radius 1 is 1.29 bits per heavy atom. The summed E-state index contributed by atoms with van der Waals surface area (Å²) in [6.07, 6.45) is 0. The molecule has 0 unspecified atom stereocenters. The minimum Gasteiger partial charge on any atom is -0.454 e. The number of nitriles is 1. The smallest absolute Gasteiger partial charge is 0.277 e. The number of hydrogen-bond acceptors (Lipinski definition) is 8. The van der Waals surface area contributed by atoms with Crippen molar-refractivity contribution in [1.29, 1.82) is 5.26 Å². The summed E-state index contributed by atoms with van der Waals surface area (Å²) in [6.45, 7) is 1.63. The molecule has 3 heterocycles. The summed E-state index contributed by atoms with van der Waals surface area (Å²) >= 11 is 0. The zero-order valence-corrected chi connectivity index (χ0v) is 14.9. The molecule has 0 amide bonds. The normalized spacial score (nSPS) is 17.0. The molecule has 28 heavy (non-hydrogen) atoms. The molecule has 1 aromatic carbocycles. The van der Waals surface area contributed by atoms with Gasteiger partial charge in [-0.25, -0.2) is 0 Å². The third-order valence-electron chi connectivity index (χ3n) is 4.88. The monoisotopic (exact) mass is 382 g/mol. The summed E-state index contributed by atoms with van der Waals surface area (Å²) in [5.41, 5.74) is 5.87. The lowest BCUT2D eigenvalue weighted by Gasteiger charge is -2.26. The van der Waals surface area contributed by atoms with Crippen LogP contribution in [0.3, 0.4) is 0 Å². The molecule has 0 bridgehead atoms. The molecular formula is C18H14N4O6. The summed E-state index contributed by atoms with van der Waals surface area (Å²) < 4.78 is 17.4. The maximum Gasteiger partial charge on any atom is 0.277 e. The van der Waals surface area contributed by atoms with Crippen LogP contribution in [0, 0.1) is 28.4 Å². The Morgan fingerprint density at radius 2 is 1.96 bits per heavy atom. The lowest BCUT2D eigenvalue weighted by molar-refractivity contribution is -0.385. The summed E-state index contributed by atoms with van der Waals surface area (Å²) in [7, 11) is 1.57. The van der Waals surface area contributed by atoms with E-state index < -0.39 is 16.4 Å². The van der Waals surface area contributed by atoms with Crippen molar-refractivity contribution in [1.82, 2.24) is 4.57 Å². The first-order valence-corrected chi connectivity index (χ1v) is 8.19. The van der Waals surface area contributed by atoms with Gasteiger partial charge in [-0.3, -0.25) is 14.9 Å². The highest BCUT2D eigenvalue weighted by atomic mass is 16.7. The van der Waals surface area contributed by atoms with Crippen molar-refractivity contribution in [3.63, 3.8) is 0 Å². The number of nitrogens with zero attached hydrogens (tertiary/aromatic N) is 3. The quantitative estimate of drug-likeness (QED) is 0.609. The lowest BCUT2D eigenvalue weighted by atomic mass is 9.83. The van der Waals surface area contributed by atoms with Gasteiger partial charge in [0.1, 0.15) is 17.4 Å². The van der Waals surface area contributed by atoms with Gasteiger partial charge in [-0.2, -0.15) is 5.26 Å². The van der Waals surface area contributed by atoms with E-state index in [0.717, 1.165) is 0 Å². The van der Waals surface area contributed by atoms with Crippen LogP contribution < -0.4 is 25.5 Å². The van der Waals surface area contributed by atoms with E-state index in [1.165, 1.54) is 16.7 Å². The number of rotatable bonds is 2. The van der Waals surface area contributed by atoms with Crippen LogP contribution in [0.2, 0.25) is 0 Å². The number of nitrogens with two attached hydrogens (primary N) is 1. The van der Waals surface area contributed by atoms with Crippen LogP contribution in [-0.4, -0.2) is 16.3 Å². The molecule has 2 aromatic rings. The predicted molar refractivity (Wildman–Crippen MR) is 94.9 cm³/mol. The fraction of sp³-hybridized carbons (Fsp3) is 0.222. The molecule has 1 aromatic heterocycles. The number of aromatic nitrogens is 1. The third kappa shape index (κ3) is 2.37. The first-order valence-electron chi connectivity index (χ1n) is 8.19. The highest BCUT2D eigenvalue weighted by Crippen LogP contribution is 2.47. The second kappa shape index (κ2) is 6.02. The van der Waals surface area contributed by atoms with Gasteiger partial charge < -0.3 is 24.5 Å². The van der Waals surface area contributed by atoms with E-state index in [4.69, 9.17) is 19.9 Å². The highest BCUT2D eigenvalue weighted by molar-refractivity contribution is 5.64. The number of fused-ring (bicyclic) bond motifs is 2. The van der Waals surface area contributed by atoms with E-state index in [1.54, 1.807) is 20.0 Å². The molecule has 1 atom stereocenters. The van der Waals surface area contributed by atoms with Crippen LogP contribution in [0.25, 0.3) is 0 Å². The van der Waals surface area contributed by atoms with Crippen molar-refractivity contribution in [2.24, 2.45) is 12.8 Å². The lowest BCUT2D eigenvalue weighted by Crippen LogP contribution is -2.31. The SMILES string of the molecule is Cc1cc2c(c(=O)n1C)[C@H](c1cc3c(cc1[N+](=O)[O-])OCO3)C(C#N)=C(N)O2. The van der Waals surface area contributed by atoms with Gasteiger partial charge >= 0.3 is 0 Å². The zero-order chi connectivity index (χ0) is 20.2. The van der Waals surface area contributed by atoms with E-state index in [9.17, 15) is 20.2 Å². The van der Waals surface area contributed by atoms with Crippen LogP contribution in [0.1, 0.15) is 22.7 Å². The Morgan fingerprint density at radius 3 is 2.61 bits per heavy atom. The largest absolute Gasteiger partial charge is 0.454 e. The summed E-state index contributed by atoms with van der Waals surface area (Å²) in [6, 6.07) is 6.15. The van der Waals surface area contributed by atoms with Crippen molar-refractivity contribution in [3.8, 4) is 23.3 Å². The molecule has 0 saturated heterocycles. The Labute approximate surface area is 158 Å². The molecule has 4 rings (SSSR count). The molecule has 10 nitrogen and oxygen atoms in total. The maximum absolute atomic E-state index is 13.0. The second-order valence-corrected chi connectivity index (χ2v) is 6.37. The Bertz CT molecular complexity index is 1170. The average Bonchev–Trinajstić information content (AvgIpc) is 3.11. The maximum atomic E-state index is 13.0. The van der Waals surface area contributed by atoms with Crippen molar-refractivity contribution in [3.05, 3.63) is 66.9 Å². The first-order chi connectivity index (χ1) is 13.3. The van der Waals surface area contributed by atoms with E-state index in [2.05, 4.69) is 0 Å². The van der Waals surface area contributed by atoms with Crippen LogP contribution in [0.4, 0.5) is 5.69 Å². The number of allylic oxidation sites excluding steroid dienone is 1. The molecule has 0 saturated carbocycles. The predicted octanol–water partition coefficient (Wildman–Crippen LogP) is 1.55. The van der Waals surface area contributed by atoms with Gasteiger partial charge in [0.05, 0.1) is 22.5 Å². The topological polar surface area (TPSA) is 143 Å². The molecule has 2 aliphatic heterocycles. The Balaban J connectivity index is 2.08. The van der Waals surface area contributed by atoms with E-state index in [1.807, 2.05) is 6.07 Å². The zero-order valence-electron chi connectivity index (χ0n) is 14.9. The number of pyridine rings is 1. The van der Waals surface area contributed by atoms with Crippen LogP contribution in [-0.2, 0) is 7.05 Å². The van der Waals surface area contributed by atoms with E-state index in [-0.39, 0.29) is 52.3 Å². The molecule has 0 aliphatic carbocycles. The van der Waals surface area contributed by atoms with E-state index in [0.29, 0.717) is 5.69 Å². The van der Waals surface area contributed by atoms with Crippen LogP contribution in [0.5, 0.6) is 17.2 Å². The summed E-state index contributed by atoms with van der Waals surface area (Å²) in [5, 5.41) is 21.4. The Kier molecular flexibility index (Phi) is 3.74. The minimum absolute atomic E-state index is 0.0790. The minimum atomic E-state index is -1.08. The fourth-order valence-corrected chi connectivity index (χ4v) is 3.39. The highest BCUT2D eigenvalue weighted by Gasteiger charge is 2.39. The van der Waals surface area contributed by atoms with Gasteiger partial charge in [0.2, 0.25) is 12.7 Å². The summed E-state index contributed by atoms with van der Waals surface area (Å²) in [5.74, 6) is -0.625. The number of nitro benzene ring substituents is 1. The van der Waals surface area contributed by atoms with Gasteiger partial charge in [-0.15, -0.1) is 0 Å². The van der Waals surface area contributed by atoms with Gasteiger partial charge in [0.15, 0.2) is 11.5 Å². The van der Waals surface area contributed by atoms with Gasteiger partial charge in [0, 0.05) is 24.4 Å². The number of benzene rings is 1. The molecule has 2 aliphatic rings. The van der Waals surface area contributed by atoms with Crippen LogP contribution >= 0.6 is 0 Å². The molecule has 0 fully saturated rings. The van der Waals surface area contributed by atoms with Crippen molar-refractivity contribution >= 4 is 5.69 Å². The number of nitro groups is 1. The van der Waals surface area contributed by atoms with Crippen molar-refractivity contribution in [2.75, 3.05) is 6.79 Å². The van der Waals surface area contributed by atoms with Gasteiger partial charge in [-0.05, 0) is 13.0 Å². The number of ether oxygens (including phenoxy) is 3.